The third kappa shape index (κ3) is 15.3. The van der Waals surface area contributed by atoms with E-state index in [-0.39, 0.29) is 6.04 Å². The molecular weight excluding hydrogens is 330 g/mol. The van der Waals surface area contributed by atoms with Gasteiger partial charge in [-0.25, -0.2) is 0 Å². The van der Waals surface area contributed by atoms with E-state index in [4.69, 9.17) is 0 Å². The normalized spacial score (nSPS) is 12.6. The summed E-state index contributed by atoms with van der Waals surface area (Å²) in [5.74, 6) is 0.488. The van der Waals surface area contributed by atoms with Crippen molar-refractivity contribution in [2.75, 3.05) is 13.1 Å². The van der Waals surface area contributed by atoms with Crippen molar-refractivity contribution in [1.29, 1.82) is 0 Å². The van der Waals surface area contributed by atoms with E-state index in [1.165, 1.54) is 77.0 Å². The molecule has 1 unspecified atom stereocenters. The number of nitrogens with zero attached hydrogens (tertiary/aromatic N) is 1. The van der Waals surface area contributed by atoms with E-state index in [0.717, 1.165) is 45.2 Å². The van der Waals surface area contributed by atoms with Gasteiger partial charge in [-0.1, -0.05) is 105 Å². The van der Waals surface area contributed by atoms with Crippen molar-refractivity contribution < 1.29 is 4.79 Å². The zero-order valence-electron chi connectivity index (χ0n) is 19.4. The van der Waals surface area contributed by atoms with Gasteiger partial charge in [-0.15, -0.1) is 0 Å². The van der Waals surface area contributed by atoms with Crippen LogP contribution in [-0.2, 0) is 4.79 Å². The smallest absolute Gasteiger partial charge is 0.149 e. The van der Waals surface area contributed by atoms with Crippen LogP contribution in [-0.4, -0.2) is 29.8 Å². The number of Topliss-reactive ketones (excluding diaryl/α,β-unsaturated/α-hetero) is 1. The van der Waals surface area contributed by atoms with E-state index in [1.54, 1.807) is 0 Å². The number of unbranched alkanes of at least 4 members (excludes halogenated alkanes) is 12. The van der Waals surface area contributed by atoms with Gasteiger partial charge in [0, 0.05) is 6.42 Å². The Morgan fingerprint density at radius 1 is 0.593 bits per heavy atom. The first-order valence-corrected chi connectivity index (χ1v) is 12.5. The molecule has 0 spiro atoms. The van der Waals surface area contributed by atoms with Crippen LogP contribution in [0.4, 0.5) is 0 Å². The Balaban J connectivity index is 3.63. The molecule has 0 aliphatic rings. The number of carbonyl (C=O) groups excluding carboxylic acids is 1. The van der Waals surface area contributed by atoms with Crippen LogP contribution in [0.5, 0.6) is 0 Å². The first-order valence-electron chi connectivity index (χ1n) is 12.5. The Hall–Kier alpha value is -0.370. The summed E-state index contributed by atoms with van der Waals surface area (Å²) in [6, 6.07) is 0.169. The van der Waals surface area contributed by atoms with Crippen molar-refractivity contribution in [3.05, 3.63) is 0 Å². The van der Waals surface area contributed by atoms with Gasteiger partial charge in [0.05, 0.1) is 6.04 Å². The molecule has 0 saturated heterocycles. The van der Waals surface area contributed by atoms with Gasteiger partial charge in [-0.2, -0.15) is 0 Å². The molecule has 2 heteroatoms. The molecule has 0 radical (unpaired) electrons. The van der Waals surface area contributed by atoms with Crippen LogP contribution in [0.1, 0.15) is 137 Å². The molecule has 0 aliphatic heterocycles. The largest absolute Gasteiger partial charge is 0.298 e. The summed E-state index contributed by atoms with van der Waals surface area (Å²) < 4.78 is 0. The summed E-state index contributed by atoms with van der Waals surface area (Å²) in [4.78, 5) is 15.0. The topological polar surface area (TPSA) is 20.3 Å². The second-order valence-electron chi connectivity index (χ2n) is 8.42. The maximum Gasteiger partial charge on any atom is 0.149 e. The molecule has 0 aliphatic carbocycles. The summed E-state index contributed by atoms with van der Waals surface area (Å²) in [7, 11) is 0. The van der Waals surface area contributed by atoms with Crippen LogP contribution in [0, 0.1) is 0 Å². The van der Waals surface area contributed by atoms with Crippen molar-refractivity contribution in [1.82, 2.24) is 4.90 Å². The fourth-order valence-corrected chi connectivity index (χ4v) is 4.17. The predicted octanol–water partition coefficient (Wildman–Crippen LogP) is 7.94. The fraction of sp³-hybridized carbons (Fsp3) is 0.960. The summed E-state index contributed by atoms with van der Waals surface area (Å²) >= 11 is 0. The molecule has 0 rings (SSSR count). The molecule has 0 aromatic carbocycles. The molecule has 1 atom stereocenters. The zero-order valence-corrected chi connectivity index (χ0v) is 19.4. The van der Waals surface area contributed by atoms with Crippen LogP contribution in [0.3, 0.4) is 0 Å². The summed E-state index contributed by atoms with van der Waals surface area (Å²) in [5.41, 5.74) is 0. The van der Waals surface area contributed by atoms with Crippen LogP contribution < -0.4 is 0 Å². The van der Waals surface area contributed by atoms with Crippen LogP contribution in [0.15, 0.2) is 0 Å². The van der Waals surface area contributed by atoms with Crippen LogP contribution >= 0.6 is 0 Å². The van der Waals surface area contributed by atoms with Crippen molar-refractivity contribution in [3.63, 3.8) is 0 Å². The van der Waals surface area contributed by atoms with Gasteiger partial charge in [0.25, 0.3) is 0 Å². The highest BCUT2D eigenvalue weighted by Crippen LogP contribution is 2.15. The highest BCUT2D eigenvalue weighted by Gasteiger charge is 2.22. The standard InChI is InChI=1S/C25H51NO/c1-5-9-10-11-12-13-14-15-16-17-18-19-20-21-25(27)24(8-4)26(22-6-2)23-7-3/h24H,5-23H2,1-4H3. The molecule has 0 fully saturated rings. The molecule has 0 aromatic heterocycles. The van der Waals surface area contributed by atoms with E-state index in [1.807, 2.05) is 0 Å². The Labute approximate surface area is 171 Å². The van der Waals surface area contributed by atoms with Crippen LogP contribution in [0.2, 0.25) is 0 Å². The number of carbonyl (C=O) groups is 1. The minimum Gasteiger partial charge on any atom is -0.298 e. The van der Waals surface area contributed by atoms with Crippen molar-refractivity contribution in [2.45, 2.75) is 143 Å². The monoisotopic (exact) mass is 381 g/mol. The molecule has 0 bridgehead atoms. The quantitative estimate of drug-likeness (QED) is 0.188. The number of rotatable bonds is 21. The average Bonchev–Trinajstić information content (AvgIpc) is 2.66. The Bertz CT molecular complexity index is 309. The van der Waals surface area contributed by atoms with Gasteiger partial charge >= 0.3 is 0 Å². The van der Waals surface area contributed by atoms with E-state index >= 15 is 0 Å². The van der Waals surface area contributed by atoms with E-state index in [9.17, 15) is 4.79 Å². The summed E-state index contributed by atoms with van der Waals surface area (Å²) in [6.07, 6.45) is 21.8. The lowest BCUT2D eigenvalue weighted by atomic mass is 10.00. The van der Waals surface area contributed by atoms with Crippen molar-refractivity contribution in [2.24, 2.45) is 0 Å². The number of ketones is 1. The lowest BCUT2D eigenvalue weighted by Crippen LogP contribution is -2.41. The van der Waals surface area contributed by atoms with Gasteiger partial charge in [0.2, 0.25) is 0 Å². The molecular formula is C25H51NO. The first kappa shape index (κ1) is 26.6. The van der Waals surface area contributed by atoms with E-state index in [2.05, 4.69) is 32.6 Å². The zero-order chi connectivity index (χ0) is 20.2. The lowest BCUT2D eigenvalue weighted by molar-refractivity contribution is -0.124. The highest BCUT2D eigenvalue weighted by molar-refractivity contribution is 5.83. The van der Waals surface area contributed by atoms with Gasteiger partial charge in [-0.05, 0) is 38.8 Å². The molecule has 0 heterocycles. The molecule has 162 valence electrons. The van der Waals surface area contributed by atoms with Gasteiger partial charge in [0.1, 0.15) is 5.78 Å². The molecule has 0 amide bonds. The minimum atomic E-state index is 0.169. The summed E-state index contributed by atoms with van der Waals surface area (Å²) in [6.45, 7) is 11.0. The van der Waals surface area contributed by atoms with E-state index < -0.39 is 0 Å². The third-order valence-electron chi connectivity index (χ3n) is 5.75. The van der Waals surface area contributed by atoms with E-state index in [0.29, 0.717) is 5.78 Å². The third-order valence-corrected chi connectivity index (χ3v) is 5.75. The van der Waals surface area contributed by atoms with Gasteiger partial charge in [-0.3, -0.25) is 9.69 Å². The Morgan fingerprint density at radius 3 is 1.37 bits per heavy atom. The van der Waals surface area contributed by atoms with Gasteiger partial charge in [0.15, 0.2) is 0 Å². The SMILES string of the molecule is CCCCCCCCCCCCCCCC(=O)C(CC)N(CCC)CCC. The first-order chi connectivity index (χ1) is 13.2. The van der Waals surface area contributed by atoms with Crippen molar-refractivity contribution >= 4 is 5.78 Å². The lowest BCUT2D eigenvalue weighted by Gasteiger charge is -2.29. The second-order valence-corrected chi connectivity index (χ2v) is 8.42. The Kier molecular flexibility index (Phi) is 20.1. The predicted molar refractivity (Wildman–Crippen MR) is 122 cm³/mol. The van der Waals surface area contributed by atoms with Crippen LogP contribution in [0.25, 0.3) is 0 Å². The maximum atomic E-state index is 12.6. The number of hydrogen-bond acceptors (Lipinski definition) is 2. The molecule has 0 aromatic rings. The Morgan fingerprint density at radius 2 is 1.00 bits per heavy atom. The molecule has 27 heavy (non-hydrogen) atoms. The molecule has 0 N–H and O–H groups in total. The van der Waals surface area contributed by atoms with Gasteiger partial charge < -0.3 is 0 Å². The van der Waals surface area contributed by atoms with Crippen molar-refractivity contribution in [3.8, 4) is 0 Å². The second kappa shape index (κ2) is 20.4. The summed E-state index contributed by atoms with van der Waals surface area (Å²) in [5, 5.41) is 0. The molecule has 0 saturated carbocycles. The minimum absolute atomic E-state index is 0.169. The number of hydrogen-bond donors (Lipinski definition) is 0. The fourth-order valence-electron chi connectivity index (χ4n) is 4.17. The molecule has 2 nitrogen and oxygen atoms in total. The average molecular weight is 382 g/mol. The maximum absolute atomic E-state index is 12.6. The highest BCUT2D eigenvalue weighted by atomic mass is 16.1.